The Morgan fingerprint density at radius 3 is 2.61 bits per heavy atom. The Balaban J connectivity index is 1.95. The highest BCUT2D eigenvalue weighted by Gasteiger charge is 2.21. The second kappa shape index (κ2) is 4.63. The number of carbonyl (C=O) groups is 1. The van der Waals surface area contributed by atoms with Gasteiger partial charge < -0.3 is 4.74 Å². The van der Waals surface area contributed by atoms with E-state index in [1.807, 2.05) is 53.9 Å². The minimum atomic E-state index is -0.290. The Labute approximate surface area is 109 Å². The number of benzene rings is 1. The zero-order chi connectivity index (χ0) is 12.4. The fraction of sp³-hybridized carbons (Fsp3) is 0. The Kier molecular flexibility index (Phi) is 2.82. The Hall–Kier alpha value is -2.13. The lowest BCUT2D eigenvalue weighted by molar-refractivity contribution is -0.130. The third kappa shape index (κ3) is 2.13. The first-order valence-electron chi connectivity index (χ1n) is 5.57. The summed E-state index contributed by atoms with van der Waals surface area (Å²) in [5.41, 5.74) is 1.51. The number of thiophene rings is 1. The third-order valence-electron chi connectivity index (χ3n) is 2.62. The monoisotopic (exact) mass is 254 g/mol. The summed E-state index contributed by atoms with van der Waals surface area (Å²) < 4.78 is 5.27. The van der Waals surface area contributed by atoms with Gasteiger partial charge in [0.15, 0.2) is 0 Å². The van der Waals surface area contributed by atoms with Crippen molar-refractivity contribution in [2.45, 2.75) is 0 Å². The normalized spacial score (nSPS) is 16.8. The SMILES string of the molecule is O=C1OC(c2ccccc2)=C/C1=C/c1cccs1. The maximum atomic E-state index is 11.7. The van der Waals surface area contributed by atoms with E-state index in [0.717, 1.165) is 10.4 Å². The van der Waals surface area contributed by atoms with Crippen LogP contribution in [0.5, 0.6) is 0 Å². The van der Waals surface area contributed by atoms with Crippen molar-refractivity contribution in [1.29, 1.82) is 0 Å². The predicted octanol–water partition coefficient (Wildman–Crippen LogP) is 3.73. The first-order valence-corrected chi connectivity index (χ1v) is 6.45. The molecule has 0 saturated carbocycles. The quantitative estimate of drug-likeness (QED) is 0.603. The molecule has 0 N–H and O–H groups in total. The van der Waals surface area contributed by atoms with Crippen molar-refractivity contribution >= 4 is 29.1 Å². The summed E-state index contributed by atoms with van der Waals surface area (Å²) in [5.74, 6) is 0.325. The third-order valence-corrected chi connectivity index (χ3v) is 3.44. The number of rotatable bonds is 2. The van der Waals surface area contributed by atoms with Crippen molar-refractivity contribution in [3.63, 3.8) is 0 Å². The van der Waals surface area contributed by atoms with Crippen molar-refractivity contribution in [3.8, 4) is 0 Å². The highest BCUT2D eigenvalue weighted by molar-refractivity contribution is 7.10. The zero-order valence-corrected chi connectivity index (χ0v) is 10.3. The van der Waals surface area contributed by atoms with Gasteiger partial charge >= 0.3 is 5.97 Å². The second-order valence-corrected chi connectivity index (χ2v) is 4.86. The van der Waals surface area contributed by atoms with Gasteiger partial charge in [-0.1, -0.05) is 36.4 Å². The fourth-order valence-electron chi connectivity index (χ4n) is 1.76. The molecule has 1 aliphatic rings. The number of hydrogen-bond donors (Lipinski definition) is 0. The molecule has 0 bridgehead atoms. The van der Waals surface area contributed by atoms with Crippen LogP contribution in [0.15, 0.2) is 59.5 Å². The van der Waals surface area contributed by atoms with Crippen molar-refractivity contribution in [1.82, 2.24) is 0 Å². The van der Waals surface area contributed by atoms with E-state index in [1.165, 1.54) is 0 Å². The van der Waals surface area contributed by atoms with E-state index in [2.05, 4.69) is 0 Å². The van der Waals surface area contributed by atoms with Crippen LogP contribution in [-0.2, 0) is 9.53 Å². The summed E-state index contributed by atoms with van der Waals surface area (Å²) in [6.45, 7) is 0. The number of hydrogen-bond acceptors (Lipinski definition) is 3. The lowest BCUT2D eigenvalue weighted by Gasteiger charge is -1.99. The van der Waals surface area contributed by atoms with Gasteiger partial charge in [0.1, 0.15) is 5.76 Å². The molecule has 3 rings (SSSR count). The Morgan fingerprint density at radius 2 is 1.89 bits per heavy atom. The molecule has 0 amide bonds. The number of esters is 1. The number of carbonyl (C=O) groups excluding carboxylic acids is 1. The molecule has 88 valence electrons. The number of cyclic esters (lactones) is 1. The van der Waals surface area contributed by atoms with Crippen LogP contribution in [0.4, 0.5) is 0 Å². The molecule has 3 heteroatoms. The van der Waals surface area contributed by atoms with Crippen molar-refractivity contribution in [2.24, 2.45) is 0 Å². The van der Waals surface area contributed by atoms with Crippen LogP contribution in [-0.4, -0.2) is 5.97 Å². The summed E-state index contributed by atoms with van der Waals surface area (Å²) in [5, 5.41) is 1.98. The smallest absolute Gasteiger partial charge is 0.343 e. The molecule has 0 fully saturated rings. The van der Waals surface area contributed by atoms with E-state index in [-0.39, 0.29) is 5.97 Å². The van der Waals surface area contributed by atoms with Crippen LogP contribution < -0.4 is 0 Å². The molecule has 1 aromatic carbocycles. The van der Waals surface area contributed by atoms with E-state index >= 15 is 0 Å². The summed E-state index contributed by atoms with van der Waals surface area (Å²) in [7, 11) is 0. The average molecular weight is 254 g/mol. The minimum Gasteiger partial charge on any atom is -0.422 e. The molecule has 2 nitrogen and oxygen atoms in total. The van der Waals surface area contributed by atoms with Crippen molar-refractivity contribution in [2.75, 3.05) is 0 Å². The lowest BCUT2D eigenvalue weighted by atomic mass is 10.1. The Bertz CT molecular complexity index is 622. The summed E-state index contributed by atoms with van der Waals surface area (Å²) in [6.07, 6.45) is 3.64. The first-order chi connectivity index (χ1) is 8.83. The van der Waals surface area contributed by atoms with Gasteiger partial charge in [0.2, 0.25) is 0 Å². The van der Waals surface area contributed by atoms with E-state index in [4.69, 9.17) is 4.74 Å². The van der Waals surface area contributed by atoms with Crippen LogP contribution in [0.25, 0.3) is 11.8 Å². The molecule has 0 saturated heterocycles. The molecule has 0 radical (unpaired) electrons. The molecule has 0 spiro atoms. The van der Waals surface area contributed by atoms with Gasteiger partial charge in [-0.25, -0.2) is 4.79 Å². The largest absolute Gasteiger partial charge is 0.422 e. The predicted molar refractivity (Wildman–Crippen MR) is 72.8 cm³/mol. The van der Waals surface area contributed by atoms with Gasteiger partial charge in [-0.15, -0.1) is 11.3 Å². The van der Waals surface area contributed by atoms with E-state index in [1.54, 1.807) is 17.4 Å². The molecule has 0 aliphatic carbocycles. The van der Waals surface area contributed by atoms with E-state index < -0.39 is 0 Å². The average Bonchev–Trinajstić information content (AvgIpc) is 3.02. The molecule has 2 heterocycles. The number of ether oxygens (including phenoxy) is 1. The molecule has 18 heavy (non-hydrogen) atoms. The van der Waals surface area contributed by atoms with Crippen LogP contribution in [0.1, 0.15) is 10.4 Å². The molecular formula is C15H10O2S. The zero-order valence-electron chi connectivity index (χ0n) is 9.50. The van der Waals surface area contributed by atoms with E-state index in [0.29, 0.717) is 11.3 Å². The maximum Gasteiger partial charge on any atom is 0.343 e. The standard InChI is InChI=1S/C15H10O2S/c16-15-12(9-13-7-4-8-18-13)10-14(17-15)11-5-2-1-3-6-11/h1-10H/b12-9-. The van der Waals surface area contributed by atoms with Gasteiger partial charge in [0.05, 0.1) is 5.57 Å². The van der Waals surface area contributed by atoms with Crippen molar-refractivity contribution < 1.29 is 9.53 Å². The fourth-order valence-corrected chi connectivity index (χ4v) is 2.43. The van der Waals surface area contributed by atoms with Gasteiger partial charge in [0, 0.05) is 10.4 Å². The van der Waals surface area contributed by atoms with Crippen LogP contribution in [0.3, 0.4) is 0 Å². The van der Waals surface area contributed by atoms with E-state index in [9.17, 15) is 4.79 Å². The van der Waals surface area contributed by atoms with Crippen LogP contribution in [0, 0.1) is 0 Å². The summed E-state index contributed by atoms with van der Waals surface area (Å²) in [4.78, 5) is 12.8. The molecule has 2 aromatic rings. The van der Waals surface area contributed by atoms with Crippen LogP contribution >= 0.6 is 11.3 Å². The molecule has 1 aromatic heterocycles. The maximum absolute atomic E-state index is 11.7. The highest BCUT2D eigenvalue weighted by Crippen LogP contribution is 2.27. The van der Waals surface area contributed by atoms with Gasteiger partial charge in [-0.2, -0.15) is 0 Å². The summed E-state index contributed by atoms with van der Waals surface area (Å²) in [6, 6.07) is 13.6. The Morgan fingerprint density at radius 1 is 1.06 bits per heavy atom. The highest BCUT2D eigenvalue weighted by atomic mass is 32.1. The minimum absolute atomic E-state index is 0.290. The topological polar surface area (TPSA) is 26.3 Å². The lowest BCUT2D eigenvalue weighted by Crippen LogP contribution is -1.96. The first kappa shape index (κ1) is 11.0. The molecule has 0 atom stereocenters. The van der Waals surface area contributed by atoms with Crippen LogP contribution in [0.2, 0.25) is 0 Å². The second-order valence-electron chi connectivity index (χ2n) is 3.88. The molecular weight excluding hydrogens is 244 g/mol. The summed E-state index contributed by atoms with van der Waals surface area (Å²) >= 11 is 1.60. The molecule has 1 aliphatic heterocycles. The van der Waals surface area contributed by atoms with Gasteiger partial charge in [-0.3, -0.25) is 0 Å². The van der Waals surface area contributed by atoms with Gasteiger partial charge in [-0.05, 0) is 23.6 Å². The van der Waals surface area contributed by atoms with Crippen molar-refractivity contribution in [3.05, 3.63) is 69.9 Å². The molecule has 0 unspecified atom stereocenters. The van der Waals surface area contributed by atoms with Gasteiger partial charge in [0.25, 0.3) is 0 Å².